The van der Waals surface area contributed by atoms with Crippen molar-refractivity contribution < 1.29 is 5.11 Å². The molecule has 0 amide bonds. The maximum Gasteiger partial charge on any atom is 0.0774 e. The number of piperidine rings is 1. The van der Waals surface area contributed by atoms with Crippen LogP contribution in [0.15, 0.2) is 0 Å². The second kappa shape index (κ2) is 3.75. The Morgan fingerprint density at radius 2 is 2.25 bits per heavy atom. The summed E-state index contributed by atoms with van der Waals surface area (Å²) in [5.41, 5.74) is -0.455. The van der Waals surface area contributed by atoms with Crippen LogP contribution in [0.25, 0.3) is 0 Å². The van der Waals surface area contributed by atoms with Crippen molar-refractivity contribution in [1.29, 1.82) is 0 Å². The van der Waals surface area contributed by atoms with Gasteiger partial charge in [0.2, 0.25) is 0 Å². The van der Waals surface area contributed by atoms with Crippen LogP contribution in [0, 0.1) is 5.92 Å². The van der Waals surface area contributed by atoms with Crippen LogP contribution in [0.5, 0.6) is 0 Å². The predicted molar refractivity (Wildman–Crippen MR) is 51.1 cm³/mol. The number of hydrogen-bond donors (Lipinski definition) is 1. The third-order valence-corrected chi connectivity index (χ3v) is 2.97. The van der Waals surface area contributed by atoms with E-state index in [-0.39, 0.29) is 0 Å². The highest BCUT2D eigenvalue weighted by Crippen LogP contribution is 2.29. The Morgan fingerprint density at radius 1 is 1.58 bits per heavy atom. The lowest BCUT2D eigenvalue weighted by atomic mass is 9.80. The number of aliphatic hydroxyl groups is 1. The van der Waals surface area contributed by atoms with Crippen LogP contribution >= 0.6 is 0 Å². The SMILES string of the molecule is CCCC1CCN(C)CC1(C)O. The molecule has 2 nitrogen and oxygen atoms in total. The van der Waals surface area contributed by atoms with Crippen LogP contribution in [-0.4, -0.2) is 35.7 Å². The molecule has 0 spiro atoms. The fourth-order valence-electron chi connectivity index (χ4n) is 2.25. The van der Waals surface area contributed by atoms with Crippen molar-refractivity contribution in [2.75, 3.05) is 20.1 Å². The molecule has 72 valence electrons. The van der Waals surface area contributed by atoms with E-state index in [4.69, 9.17) is 0 Å². The zero-order valence-electron chi connectivity index (χ0n) is 8.51. The van der Waals surface area contributed by atoms with E-state index in [1.165, 1.54) is 12.8 Å². The zero-order chi connectivity index (χ0) is 9.19. The Labute approximate surface area is 75.6 Å². The van der Waals surface area contributed by atoms with Gasteiger partial charge in [-0.1, -0.05) is 13.3 Å². The van der Waals surface area contributed by atoms with Crippen molar-refractivity contribution in [1.82, 2.24) is 4.90 Å². The van der Waals surface area contributed by atoms with Crippen LogP contribution in [0.3, 0.4) is 0 Å². The molecule has 2 heteroatoms. The summed E-state index contributed by atoms with van der Waals surface area (Å²) in [7, 11) is 2.08. The molecule has 1 N–H and O–H groups in total. The zero-order valence-corrected chi connectivity index (χ0v) is 8.51. The largest absolute Gasteiger partial charge is 0.389 e. The minimum absolute atomic E-state index is 0.455. The summed E-state index contributed by atoms with van der Waals surface area (Å²) in [6, 6.07) is 0. The van der Waals surface area contributed by atoms with Gasteiger partial charge in [-0.3, -0.25) is 0 Å². The number of hydrogen-bond acceptors (Lipinski definition) is 2. The number of β-amino-alcohol motifs (C(OH)–C–C–N with tert-alkyl or cyclic N) is 1. The smallest absolute Gasteiger partial charge is 0.0774 e. The molecule has 0 aromatic heterocycles. The first-order chi connectivity index (χ1) is 5.56. The van der Waals surface area contributed by atoms with E-state index in [1.54, 1.807) is 0 Å². The topological polar surface area (TPSA) is 23.5 Å². The molecule has 0 radical (unpaired) electrons. The fourth-order valence-corrected chi connectivity index (χ4v) is 2.25. The van der Waals surface area contributed by atoms with Crippen molar-refractivity contribution in [3.63, 3.8) is 0 Å². The van der Waals surface area contributed by atoms with Gasteiger partial charge in [0.05, 0.1) is 5.60 Å². The van der Waals surface area contributed by atoms with Gasteiger partial charge in [0.25, 0.3) is 0 Å². The summed E-state index contributed by atoms with van der Waals surface area (Å²) in [5.74, 6) is 0.513. The Hall–Kier alpha value is -0.0800. The molecule has 0 aromatic carbocycles. The van der Waals surface area contributed by atoms with Crippen molar-refractivity contribution in [2.24, 2.45) is 5.92 Å². The Morgan fingerprint density at radius 3 is 2.75 bits per heavy atom. The van der Waals surface area contributed by atoms with Gasteiger partial charge in [-0.25, -0.2) is 0 Å². The predicted octanol–water partition coefficient (Wildman–Crippen LogP) is 1.49. The lowest BCUT2D eigenvalue weighted by Crippen LogP contribution is -2.50. The number of nitrogens with zero attached hydrogens (tertiary/aromatic N) is 1. The molecule has 1 rings (SSSR count). The van der Waals surface area contributed by atoms with E-state index in [1.807, 2.05) is 6.92 Å². The molecule has 0 bridgehead atoms. The van der Waals surface area contributed by atoms with Gasteiger partial charge < -0.3 is 10.0 Å². The Kier molecular flexibility index (Phi) is 3.13. The molecule has 2 atom stereocenters. The quantitative estimate of drug-likeness (QED) is 0.680. The third kappa shape index (κ3) is 2.20. The molecule has 1 aliphatic rings. The maximum atomic E-state index is 10.1. The minimum atomic E-state index is -0.455. The first kappa shape index (κ1) is 10.0. The first-order valence-corrected chi connectivity index (χ1v) is 4.97. The van der Waals surface area contributed by atoms with Gasteiger partial charge in [-0.2, -0.15) is 0 Å². The van der Waals surface area contributed by atoms with Gasteiger partial charge in [-0.15, -0.1) is 0 Å². The van der Waals surface area contributed by atoms with E-state index in [9.17, 15) is 5.11 Å². The molecular weight excluding hydrogens is 150 g/mol. The minimum Gasteiger partial charge on any atom is -0.389 e. The highest BCUT2D eigenvalue weighted by Gasteiger charge is 2.35. The summed E-state index contributed by atoms with van der Waals surface area (Å²) in [6.07, 6.45) is 3.50. The van der Waals surface area contributed by atoms with Crippen LogP contribution < -0.4 is 0 Å². The van der Waals surface area contributed by atoms with Crippen molar-refractivity contribution in [3.8, 4) is 0 Å². The number of likely N-dealkylation sites (N-methyl/N-ethyl adjacent to an activating group) is 1. The van der Waals surface area contributed by atoms with E-state index in [2.05, 4.69) is 18.9 Å². The van der Waals surface area contributed by atoms with Gasteiger partial charge in [0.1, 0.15) is 0 Å². The summed E-state index contributed by atoms with van der Waals surface area (Å²) >= 11 is 0. The van der Waals surface area contributed by atoms with Gasteiger partial charge in [-0.05, 0) is 39.3 Å². The average Bonchev–Trinajstić information content (AvgIpc) is 1.94. The third-order valence-electron chi connectivity index (χ3n) is 2.97. The fraction of sp³-hybridized carbons (Fsp3) is 1.00. The van der Waals surface area contributed by atoms with Crippen molar-refractivity contribution in [3.05, 3.63) is 0 Å². The lowest BCUT2D eigenvalue weighted by molar-refractivity contribution is -0.0592. The standard InChI is InChI=1S/C10H21NO/c1-4-5-9-6-7-11(3)8-10(9,2)12/h9,12H,4-8H2,1-3H3. The summed E-state index contributed by atoms with van der Waals surface area (Å²) in [6.45, 7) is 6.13. The highest BCUT2D eigenvalue weighted by atomic mass is 16.3. The molecule has 12 heavy (non-hydrogen) atoms. The van der Waals surface area contributed by atoms with E-state index < -0.39 is 5.60 Å². The lowest BCUT2D eigenvalue weighted by Gasteiger charge is -2.41. The van der Waals surface area contributed by atoms with Crippen molar-refractivity contribution >= 4 is 0 Å². The Bertz CT molecular complexity index is 145. The average molecular weight is 171 g/mol. The van der Waals surface area contributed by atoms with Crippen molar-refractivity contribution in [2.45, 2.75) is 38.7 Å². The molecular formula is C10H21NO. The molecule has 0 aromatic rings. The molecule has 1 saturated heterocycles. The second-order valence-electron chi connectivity index (χ2n) is 4.37. The van der Waals surface area contributed by atoms with Gasteiger partial charge in [0, 0.05) is 6.54 Å². The molecule has 2 unspecified atom stereocenters. The monoisotopic (exact) mass is 171 g/mol. The first-order valence-electron chi connectivity index (χ1n) is 4.97. The molecule has 1 aliphatic heterocycles. The molecule has 0 aliphatic carbocycles. The van der Waals surface area contributed by atoms with Crippen LogP contribution in [-0.2, 0) is 0 Å². The number of rotatable bonds is 2. The highest BCUT2D eigenvalue weighted by molar-refractivity contribution is 4.88. The summed E-state index contributed by atoms with van der Waals surface area (Å²) in [5, 5.41) is 10.1. The maximum absolute atomic E-state index is 10.1. The van der Waals surface area contributed by atoms with E-state index in [0.717, 1.165) is 19.5 Å². The van der Waals surface area contributed by atoms with Gasteiger partial charge in [0.15, 0.2) is 0 Å². The molecule has 1 fully saturated rings. The normalized spacial score (nSPS) is 38.5. The summed E-state index contributed by atoms with van der Waals surface area (Å²) < 4.78 is 0. The van der Waals surface area contributed by atoms with Crippen LogP contribution in [0.1, 0.15) is 33.1 Å². The van der Waals surface area contributed by atoms with E-state index in [0.29, 0.717) is 5.92 Å². The molecule has 1 heterocycles. The second-order valence-corrected chi connectivity index (χ2v) is 4.37. The summed E-state index contributed by atoms with van der Waals surface area (Å²) in [4.78, 5) is 2.21. The number of likely N-dealkylation sites (tertiary alicyclic amines) is 1. The van der Waals surface area contributed by atoms with Crippen LogP contribution in [0.4, 0.5) is 0 Å². The van der Waals surface area contributed by atoms with Gasteiger partial charge >= 0.3 is 0 Å². The molecule has 0 saturated carbocycles. The Balaban J connectivity index is 2.51. The van der Waals surface area contributed by atoms with E-state index >= 15 is 0 Å². The van der Waals surface area contributed by atoms with Crippen LogP contribution in [0.2, 0.25) is 0 Å².